The van der Waals surface area contributed by atoms with Crippen molar-refractivity contribution < 1.29 is 14.6 Å². The first kappa shape index (κ1) is 29.7. The molecule has 1 saturated carbocycles. The molecule has 1 N–H and O–H groups in total. The Kier molecular flexibility index (Phi) is 14.4. The Morgan fingerprint density at radius 1 is 1.00 bits per heavy atom. The molecular formula is C29H56O3. The van der Waals surface area contributed by atoms with Gasteiger partial charge in [-0.1, -0.05) is 65.0 Å². The van der Waals surface area contributed by atoms with Crippen LogP contribution in [0, 0.1) is 23.7 Å². The van der Waals surface area contributed by atoms with E-state index in [-0.39, 0.29) is 12.2 Å². The highest BCUT2D eigenvalue weighted by molar-refractivity contribution is 4.98. The standard InChI is InChI=1S/C29H56O3/c1-22(2)12-9-13-23(3)14-10-15-24(4)16-11-18-29(6,30)19-17-26-21-28(32-8)27(31-7)20-25(26)5/h16,22-23,25-28,30H,9-15,17-21H2,1-8H3. The quantitative estimate of drug-likeness (QED) is 0.241. The summed E-state index contributed by atoms with van der Waals surface area (Å²) >= 11 is 0. The molecule has 0 aliphatic heterocycles. The predicted octanol–water partition coefficient (Wildman–Crippen LogP) is 7.95. The Morgan fingerprint density at radius 3 is 2.25 bits per heavy atom. The minimum atomic E-state index is -0.581. The van der Waals surface area contributed by atoms with E-state index in [0.29, 0.717) is 11.8 Å². The lowest BCUT2D eigenvalue weighted by Gasteiger charge is -2.39. The van der Waals surface area contributed by atoms with Gasteiger partial charge in [-0.15, -0.1) is 0 Å². The van der Waals surface area contributed by atoms with Gasteiger partial charge in [0.2, 0.25) is 0 Å². The number of rotatable bonds is 16. The van der Waals surface area contributed by atoms with Gasteiger partial charge in [-0.2, -0.15) is 0 Å². The van der Waals surface area contributed by atoms with Crippen LogP contribution >= 0.6 is 0 Å². The van der Waals surface area contributed by atoms with Crippen molar-refractivity contribution in [1.82, 2.24) is 0 Å². The highest BCUT2D eigenvalue weighted by Gasteiger charge is 2.36. The van der Waals surface area contributed by atoms with E-state index in [9.17, 15) is 5.11 Å². The van der Waals surface area contributed by atoms with E-state index in [2.05, 4.69) is 40.7 Å². The summed E-state index contributed by atoms with van der Waals surface area (Å²) in [6.07, 6.45) is 16.6. The lowest BCUT2D eigenvalue weighted by Crippen LogP contribution is -2.41. The fraction of sp³-hybridized carbons (Fsp3) is 0.931. The molecule has 3 heteroatoms. The fourth-order valence-electron chi connectivity index (χ4n) is 5.39. The van der Waals surface area contributed by atoms with Crippen LogP contribution in [0.1, 0.15) is 119 Å². The van der Waals surface area contributed by atoms with Gasteiger partial charge in [0.1, 0.15) is 0 Å². The second-order valence-electron chi connectivity index (χ2n) is 11.7. The van der Waals surface area contributed by atoms with E-state index < -0.39 is 5.60 Å². The topological polar surface area (TPSA) is 38.7 Å². The number of ether oxygens (including phenoxy) is 2. The monoisotopic (exact) mass is 452 g/mol. The normalized spacial score (nSPS) is 27.5. The molecule has 0 heterocycles. The SMILES string of the molecule is COC1CC(C)C(CCC(C)(O)CCC=C(C)CCCC(C)CCCC(C)C)CC1OC. The zero-order chi connectivity index (χ0) is 24.1. The smallest absolute Gasteiger partial charge is 0.0835 e. The molecule has 1 aliphatic carbocycles. The van der Waals surface area contributed by atoms with Crippen LogP contribution in [0.5, 0.6) is 0 Å². The molecule has 0 radical (unpaired) electrons. The Morgan fingerprint density at radius 2 is 1.62 bits per heavy atom. The van der Waals surface area contributed by atoms with Crippen molar-refractivity contribution in [3.05, 3.63) is 11.6 Å². The van der Waals surface area contributed by atoms with Gasteiger partial charge in [0.15, 0.2) is 0 Å². The molecule has 6 atom stereocenters. The van der Waals surface area contributed by atoms with Crippen molar-refractivity contribution in [2.75, 3.05) is 14.2 Å². The van der Waals surface area contributed by atoms with Crippen molar-refractivity contribution in [3.8, 4) is 0 Å². The highest BCUT2D eigenvalue weighted by Crippen LogP contribution is 2.37. The summed E-state index contributed by atoms with van der Waals surface area (Å²) < 4.78 is 11.3. The lowest BCUT2D eigenvalue weighted by molar-refractivity contribution is -0.0884. The Balaban J connectivity index is 2.28. The zero-order valence-electron chi connectivity index (χ0n) is 22.8. The molecule has 190 valence electrons. The lowest BCUT2D eigenvalue weighted by atomic mass is 9.74. The Hall–Kier alpha value is -0.380. The number of allylic oxidation sites excluding steroid dienone is 2. The molecule has 32 heavy (non-hydrogen) atoms. The van der Waals surface area contributed by atoms with E-state index >= 15 is 0 Å². The first-order valence-electron chi connectivity index (χ1n) is 13.5. The molecule has 0 aromatic carbocycles. The first-order chi connectivity index (χ1) is 15.1. The predicted molar refractivity (Wildman–Crippen MR) is 138 cm³/mol. The van der Waals surface area contributed by atoms with Crippen LogP contribution in [-0.4, -0.2) is 37.1 Å². The maximum atomic E-state index is 11.0. The van der Waals surface area contributed by atoms with E-state index in [1.54, 1.807) is 14.2 Å². The largest absolute Gasteiger partial charge is 0.390 e. The van der Waals surface area contributed by atoms with Crippen molar-refractivity contribution in [2.24, 2.45) is 23.7 Å². The molecule has 1 rings (SSSR count). The van der Waals surface area contributed by atoms with E-state index in [4.69, 9.17) is 9.47 Å². The highest BCUT2D eigenvalue weighted by atomic mass is 16.5. The van der Waals surface area contributed by atoms with Crippen LogP contribution < -0.4 is 0 Å². The zero-order valence-corrected chi connectivity index (χ0v) is 22.8. The minimum absolute atomic E-state index is 0.189. The van der Waals surface area contributed by atoms with E-state index in [0.717, 1.165) is 50.4 Å². The van der Waals surface area contributed by atoms with Crippen LogP contribution in [0.4, 0.5) is 0 Å². The van der Waals surface area contributed by atoms with Crippen LogP contribution in [0.25, 0.3) is 0 Å². The fourth-order valence-corrected chi connectivity index (χ4v) is 5.39. The van der Waals surface area contributed by atoms with Crippen LogP contribution in [-0.2, 0) is 9.47 Å². The summed E-state index contributed by atoms with van der Waals surface area (Å²) in [6, 6.07) is 0. The van der Waals surface area contributed by atoms with Crippen molar-refractivity contribution >= 4 is 0 Å². The van der Waals surface area contributed by atoms with Crippen molar-refractivity contribution in [1.29, 1.82) is 0 Å². The third kappa shape index (κ3) is 12.2. The summed E-state index contributed by atoms with van der Waals surface area (Å²) in [4.78, 5) is 0. The summed E-state index contributed by atoms with van der Waals surface area (Å²) in [6.45, 7) is 13.7. The van der Waals surface area contributed by atoms with Crippen LogP contribution in [0.15, 0.2) is 11.6 Å². The van der Waals surface area contributed by atoms with Crippen molar-refractivity contribution in [3.63, 3.8) is 0 Å². The van der Waals surface area contributed by atoms with Crippen LogP contribution in [0.2, 0.25) is 0 Å². The van der Waals surface area contributed by atoms with E-state index in [1.807, 2.05) is 6.92 Å². The molecule has 0 amide bonds. The van der Waals surface area contributed by atoms with Gasteiger partial charge >= 0.3 is 0 Å². The molecule has 6 unspecified atom stereocenters. The van der Waals surface area contributed by atoms with Gasteiger partial charge < -0.3 is 14.6 Å². The molecule has 0 spiro atoms. The minimum Gasteiger partial charge on any atom is -0.390 e. The number of hydrogen-bond donors (Lipinski definition) is 1. The first-order valence-corrected chi connectivity index (χ1v) is 13.5. The molecule has 0 aromatic rings. The summed E-state index contributed by atoms with van der Waals surface area (Å²) in [5.74, 6) is 2.91. The molecule has 1 aliphatic rings. The van der Waals surface area contributed by atoms with Gasteiger partial charge in [0, 0.05) is 14.2 Å². The van der Waals surface area contributed by atoms with Gasteiger partial charge in [-0.3, -0.25) is 0 Å². The maximum absolute atomic E-state index is 11.0. The average Bonchev–Trinajstić information content (AvgIpc) is 2.72. The molecule has 0 bridgehead atoms. The second-order valence-corrected chi connectivity index (χ2v) is 11.7. The molecular weight excluding hydrogens is 396 g/mol. The van der Waals surface area contributed by atoms with Gasteiger partial charge in [-0.05, 0) is 88.9 Å². The number of hydrogen-bond acceptors (Lipinski definition) is 3. The average molecular weight is 453 g/mol. The Labute approximate surface area is 200 Å². The van der Waals surface area contributed by atoms with Crippen molar-refractivity contribution in [2.45, 2.75) is 136 Å². The summed E-state index contributed by atoms with van der Waals surface area (Å²) in [5, 5.41) is 11.0. The molecule has 0 saturated heterocycles. The Bertz CT molecular complexity index is 511. The molecule has 0 aromatic heterocycles. The summed E-state index contributed by atoms with van der Waals surface area (Å²) in [5.41, 5.74) is 0.909. The van der Waals surface area contributed by atoms with E-state index in [1.165, 1.54) is 44.1 Å². The van der Waals surface area contributed by atoms with Gasteiger partial charge in [-0.25, -0.2) is 0 Å². The van der Waals surface area contributed by atoms with Gasteiger partial charge in [0.05, 0.1) is 17.8 Å². The number of aliphatic hydroxyl groups is 1. The number of methoxy groups -OCH3 is 2. The van der Waals surface area contributed by atoms with Gasteiger partial charge in [0.25, 0.3) is 0 Å². The third-order valence-electron chi connectivity index (χ3n) is 7.94. The molecule has 3 nitrogen and oxygen atoms in total. The van der Waals surface area contributed by atoms with Crippen LogP contribution in [0.3, 0.4) is 0 Å². The third-order valence-corrected chi connectivity index (χ3v) is 7.94. The molecule has 1 fully saturated rings. The summed E-state index contributed by atoms with van der Waals surface area (Å²) in [7, 11) is 3.58. The maximum Gasteiger partial charge on any atom is 0.0835 e. The second kappa shape index (κ2) is 15.5.